The average molecular weight is 168 g/mol. The van der Waals surface area contributed by atoms with Crippen molar-refractivity contribution < 1.29 is 4.52 Å². The summed E-state index contributed by atoms with van der Waals surface area (Å²) in [7, 11) is 0. The van der Waals surface area contributed by atoms with Crippen LogP contribution < -0.4 is 5.32 Å². The van der Waals surface area contributed by atoms with Crippen LogP contribution in [0.4, 0.5) is 0 Å². The fraction of sp³-hybridized carbons (Fsp3) is 0.667. The molecule has 3 nitrogen and oxygen atoms in total. The molecule has 0 aliphatic rings. The zero-order chi connectivity index (χ0) is 8.97. The Morgan fingerprint density at radius 1 is 1.42 bits per heavy atom. The van der Waals surface area contributed by atoms with E-state index >= 15 is 0 Å². The minimum atomic E-state index is 0.811. The van der Waals surface area contributed by atoms with Gasteiger partial charge in [0, 0.05) is 18.5 Å². The number of aryl methyl sites for hydroxylation is 1. The third-order valence-electron chi connectivity index (χ3n) is 1.98. The van der Waals surface area contributed by atoms with Crippen LogP contribution in [-0.4, -0.2) is 11.7 Å². The maximum Gasteiger partial charge on any atom is 0.139 e. The summed E-state index contributed by atoms with van der Waals surface area (Å²) >= 11 is 0. The van der Waals surface area contributed by atoms with Crippen molar-refractivity contribution in [3.8, 4) is 0 Å². The molecule has 0 aliphatic carbocycles. The fourth-order valence-corrected chi connectivity index (χ4v) is 1.15. The van der Waals surface area contributed by atoms with Crippen LogP contribution in [0.25, 0.3) is 0 Å². The molecular weight excluding hydrogens is 152 g/mol. The molecule has 0 unspecified atom stereocenters. The highest BCUT2D eigenvalue weighted by Crippen LogP contribution is 2.12. The van der Waals surface area contributed by atoms with Crippen LogP contribution in [-0.2, 0) is 13.0 Å². The first-order valence-electron chi connectivity index (χ1n) is 4.44. The number of hydrogen-bond donors (Lipinski definition) is 1. The van der Waals surface area contributed by atoms with Crippen LogP contribution in [0, 0.1) is 6.92 Å². The Balaban J connectivity index is 2.66. The van der Waals surface area contributed by atoms with E-state index in [-0.39, 0.29) is 0 Å². The zero-order valence-electron chi connectivity index (χ0n) is 7.98. The van der Waals surface area contributed by atoms with Crippen molar-refractivity contribution in [3.63, 3.8) is 0 Å². The molecule has 0 aromatic carbocycles. The van der Waals surface area contributed by atoms with Crippen LogP contribution in [0.2, 0.25) is 0 Å². The Labute approximate surface area is 73.1 Å². The molecule has 1 aromatic rings. The van der Waals surface area contributed by atoms with Gasteiger partial charge in [0.2, 0.25) is 0 Å². The summed E-state index contributed by atoms with van der Waals surface area (Å²) in [5.41, 5.74) is 2.23. The third-order valence-corrected chi connectivity index (χ3v) is 1.98. The highest BCUT2D eigenvalue weighted by atomic mass is 16.5. The molecule has 1 heterocycles. The highest BCUT2D eigenvalue weighted by molar-refractivity contribution is 5.20. The third kappa shape index (κ3) is 1.85. The van der Waals surface area contributed by atoms with Gasteiger partial charge < -0.3 is 9.84 Å². The monoisotopic (exact) mass is 168 g/mol. The summed E-state index contributed by atoms with van der Waals surface area (Å²) in [6.45, 7) is 7.99. The largest absolute Gasteiger partial charge is 0.361 e. The second-order valence-electron chi connectivity index (χ2n) is 2.81. The van der Waals surface area contributed by atoms with Crippen molar-refractivity contribution in [1.82, 2.24) is 10.5 Å². The molecule has 0 fully saturated rings. The summed E-state index contributed by atoms with van der Waals surface area (Å²) in [6.07, 6.45) is 0.922. The van der Waals surface area contributed by atoms with E-state index in [0.717, 1.165) is 31.0 Å². The Morgan fingerprint density at radius 2 is 2.17 bits per heavy atom. The van der Waals surface area contributed by atoms with Gasteiger partial charge in [-0.3, -0.25) is 0 Å². The number of hydrogen-bond acceptors (Lipinski definition) is 3. The maximum absolute atomic E-state index is 5.15. The maximum atomic E-state index is 5.15. The fourth-order valence-electron chi connectivity index (χ4n) is 1.15. The number of nitrogens with zero attached hydrogens (tertiary/aromatic N) is 1. The summed E-state index contributed by atoms with van der Waals surface area (Å²) in [4.78, 5) is 0. The van der Waals surface area contributed by atoms with E-state index in [2.05, 4.69) is 31.2 Å². The molecule has 0 aliphatic heterocycles. The molecule has 3 heteroatoms. The molecule has 0 amide bonds. The van der Waals surface area contributed by atoms with Gasteiger partial charge in [0.05, 0.1) is 0 Å². The van der Waals surface area contributed by atoms with Crippen molar-refractivity contribution in [2.24, 2.45) is 0 Å². The Bertz CT molecular complexity index is 243. The normalized spacial score (nSPS) is 10.6. The molecule has 0 saturated carbocycles. The van der Waals surface area contributed by atoms with Crippen molar-refractivity contribution in [2.45, 2.75) is 33.7 Å². The van der Waals surface area contributed by atoms with Crippen LogP contribution in [0.3, 0.4) is 0 Å². The van der Waals surface area contributed by atoms with Gasteiger partial charge in [-0.15, -0.1) is 0 Å². The topological polar surface area (TPSA) is 38.1 Å². The van der Waals surface area contributed by atoms with Gasteiger partial charge in [-0.1, -0.05) is 19.0 Å². The number of aromatic nitrogens is 1. The molecule has 0 bridgehead atoms. The lowest BCUT2D eigenvalue weighted by atomic mass is 10.2. The van der Waals surface area contributed by atoms with Crippen molar-refractivity contribution in [3.05, 3.63) is 17.0 Å². The van der Waals surface area contributed by atoms with Gasteiger partial charge in [-0.05, 0) is 13.5 Å². The molecule has 0 atom stereocenters. The van der Waals surface area contributed by atoms with Crippen molar-refractivity contribution in [1.29, 1.82) is 0 Å². The summed E-state index contributed by atoms with van der Waals surface area (Å²) in [5, 5.41) is 7.21. The van der Waals surface area contributed by atoms with Crippen LogP contribution in [0.5, 0.6) is 0 Å². The first-order chi connectivity index (χ1) is 5.79. The average Bonchev–Trinajstić information content (AvgIpc) is 2.43. The lowest BCUT2D eigenvalue weighted by Gasteiger charge is -1.96. The Hall–Kier alpha value is -0.830. The van der Waals surface area contributed by atoms with Gasteiger partial charge in [-0.2, -0.15) is 0 Å². The quantitative estimate of drug-likeness (QED) is 0.743. The molecular formula is C9H16N2O. The molecule has 1 aromatic heterocycles. The van der Waals surface area contributed by atoms with Gasteiger partial charge in [0.1, 0.15) is 11.5 Å². The van der Waals surface area contributed by atoms with E-state index in [1.807, 2.05) is 0 Å². The second-order valence-corrected chi connectivity index (χ2v) is 2.81. The lowest BCUT2D eigenvalue weighted by Crippen LogP contribution is -2.12. The first kappa shape index (κ1) is 9.26. The number of rotatable bonds is 4. The predicted molar refractivity (Wildman–Crippen MR) is 48.0 cm³/mol. The van der Waals surface area contributed by atoms with Gasteiger partial charge >= 0.3 is 0 Å². The van der Waals surface area contributed by atoms with Crippen LogP contribution in [0.15, 0.2) is 4.52 Å². The molecule has 1 N–H and O–H groups in total. The van der Waals surface area contributed by atoms with Gasteiger partial charge in [-0.25, -0.2) is 0 Å². The van der Waals surface area contributed by atoms with E-state index in [0.29, 0.717) is 0 Å². The summed E-state index contributed by atoms with van der Waals surface area (Å²) in [6, 6.07) is 0. The molecule has 0 saturated heterocycles. The van der Waals surface area contributed by atoms with Crippen molar-refractivity contribution in [2.75, 3.05) is 6.54 Å². The number of nitrogens with one attached hydrogen (secondary N) is 1. The van der Waals surface area contributed by atoms with Crippen molar-refractivity contribution >= 4 is 0 Å². The first-order valence-corrected chi connectivity index (χ1v) is 4.44. The Kier molecular flexibility index (Phi) is 3.29. The minimum Gasteiger partial charge on any atom is -0.361 e. The Morgan fingerprint density at radius 3 is 2.67 bits per heavy atom. The standard InChI is InChI=1S/C9H16N2O/c1-4-9-7(3)8(11-12-9)6-10-5-2/h10H,4-6H2,1-3H3. The summed E-state index contributed by atoms with van der Waals surface area (Å²) in [5.74, 6) is 1.00. The second kappa shape index (κ2) is 4.26. The molecule has 0 radical (unpaired) electrons. The molecule has 68 valence electrons. The van der Waals surface area contributed by atoms with Gasteiger partial charge in [0.15, 0.2) is 0 Å². The van der Waals surface area contributed by atoms with E-state index in [9.17, 15) is 0 Å². The molecule has 0 spiro atoms. The van der Waals surface area contributed by atoms with E-state index in [4.69, 9.17) is 4.52 Å². The zero-order valence-corrected chi connectivity index (χ0v) is 7.98. The lowest BCUT2D eigenvalue weighted by molar-refractivity contribution is 0.378. The highest BCUT2D eigenvalue weighted by Gasteiger charge is 2.08. The minimum absolute atomic E-state index is 0.811. The SMILES string of the molecule is CCNCc1noc(CC)c1C. The molecule has 12 heavy (non-hydrogen) atoms. The van der Waals surface area contributed by atoms with Crippen LogP contribution >= 0.6 is 0 Å². The summed E-state index contributed by atoms with van der Waals surface area (Å²) < 4.78 is 5.15. The van der Waals surface area contributed by atoms with Crippen LogP contribution in [0.1, 0.15) is 30.9 Å². The van der Waals surface area contributed by atoms with Gasteiger partial charge in [0.25, 0.3) is 0 Å². The predicted octanol–water partition coefficient (Wildman–Crippen LogP) is 1.65. The smallest absolute Gasteiger partial charge is 0.139 e. The van der Waals surface area contributed by atoms with E-state index in [1.165, 1.54) is 5.56 Å². The molecule has 1 rings (SSSR count). The van der Waals surface area contributed by atoms with E-state index < -0.39 is 0 Å². The van der Waals surface area contributed by atoms with E-state index in [1.54, 1.807) is 0 Å².